The van der Waals surface area contributed by atoms with Crippen molar-refractivity contribution in [2.45, 2.75) is 19.3 Å². The van der Waals surface area contributed by atoms with Crippen LogP contribution >= 0.6 is 0 Å². The Kier molecular flexibility index (Phi) is 6.94. The second kappa shape index (κ2) is 12.3. The molecule has 1 aliphatic rings. The summed E-state index contributed by atoms with van der Waals surface area (Å²) in [6.45, 7) is 4.68. The topological polar surface area (TPSA) is 16.4 Å². The zero-order chi connectivity index (χ0) is 36.4. The number of benzene rings is 8. The normalized spacial score (nSPS) is 13.1. The van der Waals surface area contributed by atoms with Gasteiger partial charge in [0, 0.05) is 33.2 Å². The van der Waals surface area contributed by atoms with Crippen molar-refractivity contribution in [1.29, 1.82) is 0 Å². The molecular formula is C51H37NO. The average molecular weight is 681 g/mol. The number of anilines is 3. The molecule has 1 aliphatic carbocycles. The van der Waals surface area contributed by atoms with Crippen molar-refractivity contribution >= 4 is 39.0 Å². The SMILES string of the molecule is [2H]c1ccc2oc3ccc(-c4ccc(-c5ccc(N(c6ccc(-c7ccccc7)cc6)c6ccc7c(c6)C(C)(C)c6ccccc6-7)cc5)cc4)cc3c2c1. The summed E-state index contributed by atoms with van der Waals surface area (Å²) in [6, 6.07) is 65.3. The number of nitrogens with zero attached hydrogens (tertiary/aromatic N) is 1. The quantitative estimate of drug-likeness (QED) is 0.174. The van der Waals surface area contributed by atoms with E-state index in [9.17, 15) is 0 Å². The van der Waals surface area contributed by atoms with Gasteiger partial charge in [-0.2, -0.15) is 0 Å². The van der Waals surface area contributed by atoms with E-state index >= 15 is 0 Å². The molecular weight excluding hydrogens is 643 g/mol. The van der Waals surface area contributed by atoms with Gasteiger partial charge < -0.3 is 9.32 Å². The number of para-hydroxylation sites is 1. The molecule has 0 spiro atoms. The molecule has 53 heavy (non-hydrogen) atoms. The molecule has 0 bridgehead atoms. The first-order valence-electron chi connectivity index (χ1n) is 18.7. The first-order chi connectivity index (χ1) is 26.4. The van der Waals surface area contributed by atoms with E-state index < -0.39 is 0 Å². The van der Waals surface area contributed by atoms with Crippen molar-refractivity contribution < 1.29 is 5.79 Å². The van der Waals surface area contributed by atoms with Gasteiger partial charge in [0.25, 0.3) is 0 Å². The van der Waals surface area contributed by atoms with E-state index in [-0.39, 0.29) is 5.41 Å². The van der Waals surface area contributed by atoms with Crippen LogP contribution in [0, 0.1) is 0 Å². The highest BCUT2D eigenvalue weighted by atomic mass is 16.3. The van der Waals surface area contributed by atoms with Crippen molar-refractivity contribution in [3.63, 3.8) is 0 Å². The molecule has 1 heterocycles. The Morgan fingerprint density at radius 3 is 1.64 bits per heavy atom. The smallest absolute Gasteiger partial charge is 0.135 e. The van der Waals surface area contributed by atoms with E-state index in [0.29, 0.717) is 6.04 Å². The predicted molar refractivity (Wildman–Crippen MR) is 222 cm³/mol. The lowest BCUT2D eigenvalue weighted by Crippen LogP contribution is -2.16. The number of furan rings is 1. The monoisotopic (exact) mass is 680 g/mol. The lowest BCUT2D eigenvalue weighted by atomic mass is 9.82. The van der Waals surface area contributed by atoms with Crippen molar-refractivity contribution in [3.8, 4) is 44.5 Å². The largest absolute Gasteiger partial charge is 0.456 e. The molecule has 0 unspecified atom stereocenters. The fourth-order valence-corrected chi connectivity index (χ4v) is 8.21. The Hall–Kier alpha value is -6.64. The van der Waals surface area contributed by atoms with Gasteiger partial charge in [-0.3, -0.25) is 0 Å². The van der Waals surface area contributed by atoms with Gasteiger partial charge in [0.15, 0.2) is 0 Å². The van der Waals surface area contributed by atoms with E-state index in [4.69, 9.17) is 5.79 Å². The summed E-state index contributed by atoms with van der Waals surface area (Å²) in [7, 11) is 0. The van der Waals surface area contributed by atoms with Gasteiger partial charge in [-0.25, -0.2) is 0 Å². The van der Waals surface area contributed by atoms with Crippen LogP contribution in [0.5, 0.6) is 0 Å². The van der Waals surface area contributed by atoms with E-state index in [2.05, 4.69) is 176 Å². The average Bonchev–Trinajstić information content (AvgIpc) is 3.69. The Labute approximate surface area is 311 Å². The van der Waals surface area contributed by atoms with Crippen molar-refractivity contribution in [2.75, 3.05) is 4.90 Å². The van der Waals surface area contributed by atoms with Crippen molar-refractivity contribution in [2.24, 2.45) is 0 Å². The summed E-state index contributed by atoms with van der Waals surface area (Å²) >= 11 is 0. The molecule has 1 aromatic heterocycles. The fourth-order valence-electron chi connectivity index (χ4n) is 8.21. The van der Waals surface area contributed by atoms with E-state index in [1.807, 2.05) is 18.2 Å². The van der Waals surface area contributed by atoms with Gasteiger partial charge in [-0.15, -0.1) is 0 Å². The van der Waals surface area contributed by atoms with Crippen LogP contribution in [0.15, 0.2) is 192 Å². The van der Waals surface area contributed by atoms with Gasteiger partial charge >= 0.3 is 0 Å². The molecule has 10 rings (SSSR count). The minimum Gasteiger partial charge on any atom is -0.456 e. The number of fused-ring (bicyclic) bond motifs is 6. The minimum absolute atomic E-state index is 0.0929. The summed E-state index contributed by atoms with van der Waals surface area (Å²) in [6.07, 6.45) is 0. The standard InChI is InChI=1S/C51H37NO/c1-51(2)47-14-8-6-12-43(47)44-30-29-42(33-48(44)51)52(40-25-20-36(21-26-40)34-10-4-3-5-11-34)41-27-22-37(23-28-41)35-16-18-38(19-17-35)39-24-31-50-46(32-39)45-13-7-9-15-49(45)53-50/h3-33H,1-2H3/i7D. The van der Waals surface area contributed by atoms with Gasteiger partial charge in [-0.05, 0) is 110 Å². The maximum atomic E-state index is 8.10. The molecule has 0 aliphatic heterocycles. The maximum Gasteiger partial charge on any atom is 0.135 e. The van der Waals surface area contributed by atoms with E-state index in [1.54, 1.807) is 6.07 Å². The highest BCUT2D eigenvalue weighted by molar-refractivity contribution is 6.06. The van der Waals surface area contributed by atoms with Crippen LogP contribution in [-0.2, 0) is 5.41 Å². The Balaban J connectivity index is 0.996. The number of hydrogen-bond acceptors (Lipinski definition) is 2. The maximum absolute atomic E-state index is 8.10. The van der Waals surface area contributed by atoms with Crippen LogP contribution < -0.4 is 4.90 Å². The molecule has 0 N–H and O–H groups in total. The lowest BCUT2D eigenvalue weighted by molar-refractivity contribution is 0.660. The summed E-state index contributed by atoms with van der Waals surface area (Å²) in [5.41, 5.74) is 17.3. The molecule has 0 amide bonds. The molecule has 0 radical (unpaired) electrons. The molecule has 8 aromatic carbocycles. The highest BCUT2D eigenvalue weighted by Crippen LogP contribution is 2.50. The lowest BCUT2D eigenvalue weighted by Gasteiger charge is -2.28. The van der Waals surface area contributed by atoms with Crippen LogP contribution in [0.1, 0.15) is 26.3 Å². The predicted octanol–water partition coefficient (Wildman–Crippen LogP) is 14.4. The number of rotatable bonds is 6. The van der Waals surface area contributed by atoms with Crippen LogP contribution in [-0.4, -0.2) is 0 Å². The molecule has 2 nitrogen and oxygen atoms in total. The molecule has 252 valence electrons. The van der Waals surface area contributed by atoms with Gasteiger partial charge in [0.05, 0.1) is 1.37 Å². The van der Waals surface area contributed by atoms with Crippen LogP contribution in [0.4, 0.5) is 17.1 Å². The second-order valence-electron chi connectivity index (χ2n) is 14.5. The summed E-state index contributed by atoms with van der Waals surface area (Å²) in [5, 5.41) is 2.01. The first-order valence-corrected chi connectivity index (χ1v) is 18.2. The van der Waals surface area contributed by atoms with E-state index in [0.717, 1.165) is 61.3 Å². The van der Waals surface area contributed by atoms with Gasteiger partial charge in [0.2, 0.25) is 0 Å². The molecule has 0 fully saturated rings. The summed E-state index contributed by atoms with van der Waals surface area (Å²) < 4.78 is 14.1. The Bertz CT molecular complexity index is 2830. The molecule has 9 aromatic rings. The van der Waals surface area contributed by atoms with E-state index in [1.165, 1.54) is 33.4 Å². The third-order valence-corrected chi connectivity index (χ3v) is 11.0. The molecule has 0 saturated heterocycles. The summed E-state index contributed by atoms with van der Waals surface area (Å²) in [4.78, 5) is 2.38. The Morgan fingerprint density at radius 1 is 0.415 bits per heavy atom. The van der Waals surface area contributed by atoms with Crippen LogP contribution in [0.25, 0.3) is 66.4 Å². The van der Waals surface area contributed by atoms with Crippen molar-refractivity contribution in [3.05, 3.63) is 199 Å². The zero-order valence-corrected chi connectivity index (χ0v) is 29.7. The highest BCUT2D eigenvalue weighted by Gasteiger charge is 2.35. The molecule has 0 saturated carbocycles. The van der Waals surface area contributed by atoms with Gasteiger partial charge in [0.1, 0.15) is 11.2 Å². The first kappa shape index (κ1) is 30.0. The molecule has 2 heteroatoms. The van der Waals surface area contributed by atoms with Gasteiger partial charge in [-0.1, -0.05) is 147 Å². The fraction of sp³-hybridized carbons (Fsp3) is 0.0588. The summed E-state index contributed by atoms with van der Waals surface area (Å²) in [5.74, 6) is 0. The third kappa shape index (κ3) is 5.26. The zero-order valence-electron chi connectivity index (χ0n) is 30.7. The van der Waals surface area contributed by atoms with Crippen LogP contribution in [0.3, 0.4) is 0 Å². The third-order valence-electron chi connectivity index (χ3n) is 11.0. The Morgan fingerprint density at radius 2 is 0.943 bits per heavy atom. The number of hydrogen-bond donors (Lipinski definition) is 0. The minimum atomic E-state index is -0.0929. The molecule has 0 atom stereocenters. The van der Waals surface area contributed by atoms with Crippen LogP contribution in [0.2, 0.25) is 0 Å². The van der Waals surface area contributed by atoms with Crippen molar-refractivity contribution in [1.82, 2.24) is 0 Å². The second-order valence-corrected chi connectivity index (χ2v) is 14.5.